The van der Waals surface area contributed by atoms with Crippen LogP contribution in [0.15, 0.2) is 36.4 Å². The van der Waals surface area contributed by atoms with Gasteiger partial charge in [-0.3, -0.25) is 4.79 Å². The first-order valence-corrected chi connectivity index (χ1v) is 6.10. The molecule has 1 atom stereocenters. The largest absolute Gasteiger partial charge is 0.497 e. The summed E-state index contributed by atoms with van der Waals surface area (Å²) in [6.07, 6.45) is 2.97. The zero-order valence-corrected chi connectivity index (χ0v) is 11.8. The molecule has 0 aromatic heterocycles. The lowest BCUT2D eigenvalue weighted by molar-refractivity contribution is -0.141. The standard InChI is InChI=1S/C15H18O5/c1-11(16)20-10-13(6-9-15(17)19-3)12-4-7-14(18-2)8-5-12/h4-9,13H,10H2,1-3H3/b9-6+/t13-/m0/s1. The van der Waals surface area contributed by atoms with Crippen LogP contribution in [0, 0.1) is 0 Å². The lowest BCUT2D eigenvalue weighted by atomic mass is 9.99. The molecule has 0 N–H and O–H groups in total. The van der Waals surface area contributed by atoms with Gasteiger partial charge in [0, 0.05) is 18.9 Å². The van der Waals surface area contributed by atoms with E-state index in [4.69, 9.17) is 9.47 Å². The fourth-order valence-corrected chi connectivity index (χ4v) is 1.58. The van der Waals surface area contributed by atoms with Crippen LogP contribution in [0.1, 0.15) is 18.4 Å². The predicted molar refractivity (Wildman–Crippen MR) is 73.5 cm³/mol. The Kier molecular flexibility index (Phi) is 6.29. The number of hydrogen-bond acceptors (Lipinski definition) is 5. The summed E-state index contributed by atoms with van der Waals surface area (Å²) in [4.78, 5) is 22.1. The Morgan fingerprint density at radius 3 is 2.35 bits per heavy atom. The Bertz CT molecular complexity index is 476. The molecule has 0 saturated heterocycles. The molecule has 5 nitrogen and oxygen atoms in total. The predicted octanol–water partition coefficient (Wildman–Crippen LogP) is 2.07. The van der Waals surface area contributed by atoms with Gasteiger partial charge in [-0.05, 0) is 17.7 Å². The molecule has 20 heavy (non-hydrogen) atoms. The first kappa shape index (κ1) is 15.8. The highest BCUT2D eigenvalue weighted by Crippen LogP contribution is 2.21. The summed E-state index contributed by atoms with van der Waals surface area (Å²) in [6, 6.07) is 7.33. The molecule has 0 aliphatic rings. The maximum absolute atomic E-state index is 11.1. The maximum atomic E-state index is 11.1. The first-order chi connectivity index (χ1) is 9.56. The number of carbonyl (C=O) groups excluding carboxylic acids is 2. The molecule has 0 fully saturated rings. The zero-order valence-electron chi connectivity index (χ0n) is 11.8. The third-order valence-electron chi connectivity index (χ3n) is 2.68. The molecule has 0 heterocycles. The second-order valence-electron chi connectivity index (χ2n) is 4.06. The SMILES string of the molecule is COC(=O)/C=C/[C@@H](COC(C)=O)c1ccc(OC)cc1. The van der Waals surface area contributed by atoms with Gasteiger partial charge in [0.2, 0.25) is 0 Å². The Morgan fingerprint density at radius 2 is 1.85 bits per heavy atom. The summed E-state index contributed by atoms with van der Waals surface area (Å²) >= 11 is 0. The lowest BCUT2D eigenvalue weighted by Crippen LogP contribution is -2.09. The summed E-state index contributed by atoms with van der Waals surface area (Å²) in [6.45, 7) is 1.50. The number of benzene rings is 1. The van der Waals surface area contributed by atoms with Crippen molar-refractivity contribution < 1.29 is 23.8 Å². The van der Waals surface area contributed by atoms with Gasteiger partial charge in [0.25, 0.3) is 0 Å². The highest BCUT2D eigenvalue weighted by molar-refractivity contribution is 5.81. The molecular weight excluding hydrogens is 260 g/mol. The molecule has 0 bridgehead atoms. The van der Waals surface area contributed by atoms with Crippen molar-refractivity contribution in [2.75, 3.05) is 20.8 Å². The molecule has 5 heteroatoms. The molecule has 0 spiro atoms. The topological polar surface area (TPSA) is 61.8 Å². The van der Waals surface area contributed by atoms with Crippen molar-refractivity contribution in [2.45, 2.75) is 12.8 Å². The van der Waals surface area contributed by atoms with E-state index in [0.29, 0.717) is 0 Å². The monoisotopic (exact) mass is 278 g/mol. The Balaban J connectivity index is 2.86. The summed E-state index contributed by atoms with van der Waals surface area (Å²) < 4.78 is 14.6. The van der Waals surface area contributed by atoms with Crippen LogP contribution in [-0.2, 0) is 19.1 Å². The smallest absolute Gasteiger partial charge is 0.330 e. The van der Waals surface area contributed by atoms with Crippen molar-refractivity contribution in [1.82, 2.24) is 0 Å². The molecule has 1 rings (SSSR count). The fourth-order valence-electron chi connectivity index (χ4n) is 1.58. The maximum Gasteiger partial charge on any atom is 0.330 e. The van der Waals surface area contributed by atoms with Crippen LogP contribution in [0.3, 0.4) is 0 Å². The van der Waals surface area contributed by atoms with Gasteiger partial charge in [-0.1, -0.05) is 18.2 Å². The van der Waals surface area contributed by atoms with E-state index < -0.39 is 5.97 Å². The normalized spacial score (nSPS) is 11.9. The molecule has 0 radical (unpaired) electrons. The molecule has 108 valence electrons. The van der Waals surface area contributed by atoms with E-state index >= 15 is 0 Å². The Morgan fingerprint density at radius 1 is 1.20 bits per heavy atom. The van der Waals surface area contributed by atoms with E-state index in [2.05, 4.69) is 4.74 Å². The van der Waals surface area contributed by atoms with E-state index in [0.717, 1.165) is 11.3 Å². The van der Waals surface area contributed by atoms with Crippen molar-refractivity contribution >= 4 is 11.9 Å². The number of rotatable bonds is 6. The Hall–Kier alpha value is -2.30. The summed E-state index contributed by atoms with van der Waals surface area (Å²) in [5, 5.41) is 0. The van der Waals surface area contributed by atoms with Gasteiger partial charge in [0.15, 0.2) is 0 Å². The zero-order chi connectivity index (χ0) is 15.0. The lowest BCUT2D eigenvalue weighted by Gasteiger charge is -2.13. The fraction of sp³-hybridized carbons (Fsp3) is 0.333. The van der Waals surface area contributed by atoms with Crippen LogP contribution >= 0.6 is 0 Å². The number of carbonyl (C=O) groups is 2. The van der Waals surface area contributed by atoms with Gasteiger partial charge in [-0.15, -0.1) is 0 Å². The third kappa shape index (κ3) is 5.14. The number of esters is 2. The quantitative estimate of drug-likeness (QED) is 0.589. The van der Waals surface area contributed by atoms with Crippen LogP contribution in [-0.4, -0.2) is 32.8 Å². The molecular formula is C15H18O5. The minimum Gasteiger partial charge on any atom is -0.497 e. The second kappa shape index (κ2) is 7.99. The van der Waals surface area contributed by atoms with E-state index in [1.165, 1.54) is 20.1 Å². The second-order valence-corrected chi connectivity index (χ2v) is 4.06. The molecule has 0 amide bonds. The molecule has 0 unspecified atom stereocenters. The van der Waals surface area contributed by atoms with Crippen LogP contribution in [0.5, 0.6) is 5.75 Å². The minimum absolute atomic E-state index is 0.162. The number of hydrogen-bond donors (Lipinski definition) is 0. The van der Waals surface area contributed by atoms with Crippen molar-refractivity contribution in [3.63, 3.8) is 0 Å². The van der Waals surface area contributed by atoms with Crippen LogP contribution in [0.2, 0.25) is 0 Å². The van der Waals surface area contributed by atoms with Crippen LogP contribution in [0.4, 0.5) is 0 Å². The first-order valence-electron chi connectivity index (χ1n) is 6.10. The van der Waals surface area contributed by atoms with E-state index in [9.17, 15) is 9.59 Å². The van der Waals surface area contributed by atoms with Gasteiger partial charge >= 0.3 is 11.9 Å². The molecule has 0 saturated carbocycles. The van der Waals surface area contributed by atoms with Crippen molar-refractivity contribution in [1.29, 1.82) is 0 Å². The van der Waals surface area contributed by atoms with Crippen molar-refractivity contribution in [2.24, 2.45) is 0 Å². The molecule has 1 aromatic rings. The Labute approximate surface area is 118 Å². The van der Waals surface area contributed by atoms with Gasteiger partial charge in [0.05, 0.1) is 14.2 Å². The highest BCUT2D eigenvalue weighted by Gasteiger charge is 2.11. The van der Waals surface area contributed by atoms with Gasteiger partial charge in [-0.25, -0.2) is 4.79 Å². The molecule has 0 aliphatic carbocycles. The van der Waals surface area contributed by atoms with Gasteiger partial charge < -0.3 is 14.2 Å². The number of methoxy groups -OCH3 is 2. The molecule has 1 aromatic carbocycles. The van der Waals surface area contributed by atoms with E-state index in [1.807, 2.05) is 24.3 Å². The summed E-state index contributed by atoms with van der Waals surface area (Å²) in [5.41, 5.74) is 0.909. The van der Waals surface area contributed by atoms with Crippen LogP contribution < -0.4 is 4.74 Å². The average Bonchev–Trinajstić information content (AvgIpc) is 2.47. The average molecular weight is 278 g/mol. The summed E-state index contributed by atoms with van der Waals surface area (Å²) in [7, 11) is 2.89. The van der Waals surface area contributed by atoms with Crippen LogP contribution in [0.25, 0.3) is 0 Å². The van der Waals surface area contributed by atoms with E-state index in [-0.39, 0.29) is 18.5 Å². The number of ether oxygens (including phenoxy) is 3. The van der Waals surface area contributed by atoms with Crippen molar-refractivity contribution in [3.8, 4) is 5.75 Å². The molecule has 0 aliphatic heterocycles. The van der Waals surface area contributed by atoms with Crippen molar-refractivity contribution in [3.05, 3.63) is 42.0 Å². The van der Waals surface area contributed by atoms with E-state index in [1.54, 1.807) is 13.2 Å². The van der Waals surface area contributed by atoms with Gasteiger partial charge in [-0.2, -0.15) is 0 Å². The summed E-state index contributed by atoms with van der Waals surface area (Å²) in [5.74, 6) is -0.304. The highest BCUT2D eigenvalue weighted by atomic mass is 16.5. The third-order valence-corrected chi connectivity index (χ3v) is 2.68. The minimum atomic E-state index is -0.452. The van der Waals surface area contributed by atoms with Gasteiger partial charge in [0.1, 0.15) is 12.4 Å².